The van der Waals surface area contributed by atoms with Gasteiger partial charge in [0.1, 0.15) is 5.92 Å². The standard InChI is InChI=1S/C13H22N2O.CH3F/c1-10(12(9-14)13(15)16)11-7-5-3-2-4-6-8-11;1-2/h10-12H,2-8H2,1H3,(H2,15,16);1H3. The molecule has 1 aliphatic carbocycles. The Morgan fingerprint density at radius 1 is 1.22 bits per heavy atom. The summed E-state index contributed by atoms with van der Waals surface area (Å²) >= 11 is 0. The van der Waals surface area contributed by atoms with Crippen LogP contribution in [0, 0.1) is 29.1 Å². The van der Waals surface area contributed by atoms with Crippen LogP contribution < -0.4 is 5.73 Å². The number of nitrogens with two attached hydrogens (primary N) is 1. The first-order chi connectivity index (χ1) is 8.66. The summed E-state index contributed by atoms with van der Waals surface area (Å²) in [5, 5.41) is 8.97. The fourth-order valence-corrected chi connectivity index (χ4v) is 2.73. The number of rotatable bonds is 3. The van der Waals surface area contributed by atoms with Crippen LogP contribution >= 0.6 is 0 Å². The third-order valence-corrected chi connectivity index (χ3v) is 3.86. The highest BCUT2D eigenvalue weighted by atomic mass is 19.1. The van der Waals surface area contributed by atoms with Gasteiger partial charge in [0.05, 0.1) is 13.2 Å². The van der Waals surface area contributed by atoms with E-state index >= 15 is 0 Å². The maximum Gasteiger partial charge on any atom is 0.235 e. The van der Waals surface area contributed by atoms with E-state index < -0.39 is 11.8 Å². The van der Waals surface area contributed by atoms with E-state index in [-0.39, 0.29) is 5.92 Å². The number of nitrogens with zero attached hydrogens (tertiary/aromatic N) is 1. The summed E-state index contributed by atoms with van der Waals surface area (Å²) in [7, 11) is 0.500. The minimum atomic E-state index is -0.607. The molecular formula is C14H25FN2O. The van der Waals surface area contributed by atoms with Crippen molar-refractivity contribution in [3.8, 4) is 6.07 Å². The number of halogens is 1. The van der Waals surface area contributed by atoms with Crippen LogP contribution in [0.25, 0.3) is 0 Å². The first kappa shape index (κ1) is 16.9. The Balaban J connectivity index is 0.00000137. The second kappa shape index (κ2) is 9.87. The first-order valence-corrected chi connectivity index (χ1v) is 6.73. The maximum atomic E-state index is 11.2. The molecule has 0 saturated heterocycles. The van der Waals surface area contributed by atoms with Crippen molar-refractivity contribution in [1.29, 1.82) is 5.26 Å². The van der Waals surface area contributed by atoms with Crippen LogP contribution in [-0.4, -0.2) is 13.1 Å². The molecule has 2 atom stereocenters. The summed E-state index contributed by atoms with van der Waals surface area (Å²) in [6, 6.07) is 2.06. The van der Waals surface area contributed by atoms with Crippen molar-refractivity contribution in [2.24, 2.45) is 23.5 Å². The number of hydrogen-bond acceptors (Lipinski definition) is 2. The zero-order valence-corrected chi connectivity index (χ0v) is 11.5. The van der Waals surface area contributed by atoms with Gasteiger partial charge in [0.15, 0.2) is 0 Å². The van der Waals surface area contributed by atoms with Crippen molar-refractivity contribution >= 4 is 5.91 Å². The van der Waals surface area contributed by atoms with E-state index in [4.69, 9.17) is 11.0 Å². The van der Waals surface area contributed by atoms with Crippen LogP contribution in [0.1, 0.15) is 51.9 Å². The van der Waals surface area contributed by atoms with E-state index in [1.165, 1.54) is 32.1 Å². The SMILES string of the molecule is CC(C1CCCCCCC1)C(C#N)C(N)=O.CF. The number of carbonyl (C=O) groups excluding carboxylic acids is 1. The quantitative estimate of drug-likeness (QED) is 0.842. The number of amides is 1. The molecule has 18 heavy (non-hydrogen) atoms. The predicted octanol–water partition coefficient (Wildman–Crippen LogP) is 3.19. The van der Waals surface area contributed by atoms with Crippen molar-refractivity contribution < 1.29 is 9.18 Å². The molecule has 0 aromatic carbocycles. The van der Waals surface area contributed by atoms with E-state index in [0.717, 1.165) is 12.8 Å². The monoisotopic (exact) mass is 256 g/mol. The molecule has 0 radical (unpaired) electrons. The molecule has 4 heteroatoms. The van der Waals surface area contributed by atoms with Gasteiger partial charge in [-0.15, -0.1) is 0 Å². The number of hydrogen-bond donors (Lipinski definition) is 1. The van der Waals surface area contributed by atoms with Gasteiger partial charge >= 0.3 is 0 Å². The summed E-state index contributed by atoms with van der Waals surface area (Å²) < 4.78 is 9.50. The molecule has 0 aromatic rings. The van der Waals surface area contributed by atoms with Gasteiger partial charge in [0, 0.05) is 0 Å². The third kappa shape index (κ3) is 5.48. The lowest BCUT2D eigenvalue weighted by atomic mass is 9.76. The molecule has 1 amide bonds. The van der Waals surface area contributed by atoms with E-state index in [0.29, 0.717) is 13.1 Å². The zero-order chi connectivity index (χ0) is 14.0. The molecule has 3 nitrogen and oxygen atoms in total. The summed E-state index contributed by atoms with van der Waals surface area (Å²) in [5.74, 6) is -0.459. The first-order valence-electron chi connectivity index (χ1n) is 6.73. The predicted molar refractivity (Wildman–Crippen MR) is 70.3 cm³/mol. The number of nitriles is 1. The largest absolute Gasteiger partial charge is 0.369 e. The van der Waals surface area contributed by atoms with E-state index in [2.05, 4.69) is 6.07 Å². The van der Waals surface area contributed by atoms with Gasteiger partial charge in [-0.3, -0.25) is 9.18 Å². The molecule has 0 heterocycles. The Morgan fingerprint density at radius 3 is 2.06 bits per heavy atom. The van der Waals surface area contributed by atoms with Gasteiger partial charge in [-0.05, 0) is 11.8 Å². The van der Waals surface area contributed by atoms with Crippen molar-refractivity contribution in [3.63, 3.8) is 0 Å². The second-order valence-electron chi connectivity index (χ2n) is 4.97. The molecule has 104 valence electrons. The molecule has 1 aliphatic rings. The lowest BCUT2D eigenvalue weighted by Gasteiger charge is -2.27. The fraction of sp³-hybridized carbons (Fsp3) is 0.857. The lowest BCUT2D eigenvalue weighted by molar-refractivity contribution is -0.122. The molecule has 2 N–H and O–H groups in total. The van der Waals surface area contributed by atoms with Crippen LogP contribution in [0.15, 0.2) is 0 Å². The smallest absolute Gasteiger partial charge is 0.235 e. The van der Waals surface area contributed by atoms with Crippen LogP contribution in [0.5, 0.6) is 0 Å². The molecule has 1 rings (SSSR count). The molecule has 1 fully saturated rings. The highest BCUT2D eigenvalue weighted by Gasteiger charge is 2.29. The number of carbonyl (C=O) groups is 1. The fourth-order valence-electron chi connectivity index (χ4n) is 2.73. The highest BCUT2D eigenvalue weighted by Crippen LogP contribution is 2.32. The Kier molecular flexibility index (Phi) is 9.26. The second-order valence-corrected chi connectivity index (χ2v) is 4.97. The number of alkyl halides is 1. The molecular weight excluding hydrogens is 231 g/mol. The van der Waals surface area contributed by atoms with Crippen molar-refractivity contribution in [2.45, 2.75) is 51.9 Å². The van der Waals surface area contributed by atoms with Gasteiger partial charge in [0.25, 0.3) is 0 Å². The van der Waals surface area contributed by atoms with Crippen molar-refractivity contribution in [2.75, 3.05) is 7.18 Å². The Morgan fingerprint density at radius 2 is 1.67 bits per heavy atom. The minimum absolute atomic E-state index is 0.112. The summed E-state index contributed by atoms with van der Waals surface area (Å²) in [4.78, 5) is 11.2. The van der Waals surface area contributed by atoms with Crippen LogP contribution in [0.3, 0.4) is 0 Å². The Hall–Kier alpha value is -1.11. The summed E-state index contributed by atoms with van der Waals surface area (Å²) in [5.41, 5.74) is 5.26. The van der Waals surface area contributed by atoms with Crippen LogP contribution in [0.2, 0.25) is 0 Å². The third-order valence-electron chi connectivity index (χ3n) is 3.86. The average Bonchev–Trinajstić information content (AvgIpc) is 2.31. The average molecular weight is 256 g/mol. The number of primary amides is 1. The minimum Gasteiger partial charge on any atom is -0.369 e. The van der Waals surface area contributed by atoms with Gasteiger partial charge in [-0.2, -0.15) is 5.26 Å². The topological polar surface area (TPSA) is 66.9 Å². The van der Waals surface area contributed by atoms with Crippen LogP contribution in [0.4, 0.5) is 4.39 Å². The van der Waals surface area contributed by atoms with Crippen molar-refractivity contribution in [3.05, 3.63) is 0 Å². The Bertz CT molecular complexity index is 267. The molecule has 0 aliphatic heterocycles. The van der Waals surface area contributed by atoms with Crippen LogP contribution in [-0.2, 0) is 4.79 Å². The maximum absolute atomic E-state index is 11.2. The molecule has 0 bridgehead atoms. The van der Waals surface area contributed by atoms with Crippen molar-refractivity contribution in [1.82, 2.24) is 0 Å². The van der Waals surface area contributed by atoms with Gasteiger partial charge < -0.3 is 5.73 Å². The molecule has 0 spiro atoms. The van der Waals surface area contributed by atoms with E-state index in [1.807, 2.05) is 6.92 Å². The van der Waals surface area contributed by atoms with Gasteiger partial charge in [-0.1, -0.05) is 51.9 Å². The normalized spacial score (nSPS) is 20.3. The van der Waals surface area contributed by atoms with E-state index in [1.54, 1.807) is 0 Å². The molecule has 1 saturated carbocycles. The molecule has 2 unspecified atom stereocenters. The molecule has 0 aromatic heterocycles. The van der Waals surface area contributed by atoms with E-state index in [9.17, 15) is 9.18 Å². The summed E-state index contributed by atoms with van der Waals surface area (Å²) in [6.45, 7) is 2.00. The lowest BCUT2D eigenvalue weighted by Crippen LogP contribution is -2.31. The Labute approximate surface area is 110 Å². The highest BCUT2D eigenvalue weighted by molar-refractivity contribution is 5.79. The van der Waals surface area contributed by atoms with Gasteiger partial charge in [0.2, 0.25) is 5.91 Å². The zero-order valence-electron chi connectivity index (χ0n) is 11.5. The van der Waals surface area contributed by atoms with Gasteiger partial charge in [-0.25, -0.2) is 0 Å². The summed E-state index contributed by atoms with van der Waals surface area (Å²) in [6.07, 6.45) is 8.66.